The van der Waals surface area contributed by atoms with E-state index in [2.05, 4.69) is 16.8 Å². The van der Waals surface area contributed by atoms with Crippen LogP contribution in [0.4, 0.5) is 13.9 Å². The van der Waals surface area contributed by atoms with Crippen LogP contribution in [0.5, 0.6) is 0 Å². The molecule has 1 heterocycles. The number of hydrogen-bond acceptors (Lipinski definition) is 4. The van der Waals surface area contributed by atoms with Gasteiger partial charge in [0, 0.05) is 24.6 Å². The molecule has 0 unspecified atom stereocenters. The quantitative estimate of drug-likeness (QED) is 0.409. The third kappa shape index (κ3) is 5.29. The van der Waals surface area contributed by atoms with Gasteiger partial charge in [0.2, 0.25) is 0 Å². The molecule has 160 valence electrons. The second-order valence-electron chi connectivity index (χ2n) is 7.14. The predicted molar refractivity (Wildman–Crippen MR) is 122 cm³/mol. The minimum atomic E-state index is -1.18. The Morgan fingerprint density at radius 3 is 2.53 bits per heavy atom. The molecule has 3 aromatic carbocycles. The Morgan fingerprint density at radius 2 is 1.81 bits per heavy atom. The number of nitrogens with zero attached hydrogens (tertiary/aromatic N) is 2. The van der Waals surface area contributed by atoms with E-state index in [1.165, 1.54) is 29.5 Å². The molecule has 0 saturated carbocycles. The van der Waals surface area contributed by atoms with E-state index in [4.69, 9.17) is 5.11 Å². The van der Waals surface area contributed by atoms with Gasteiger partial charge in [-0.3, -0.25) is 0 Å². The molecule has 0 amide bonds. The van der Waals surface area contributed by atoms with Crippen LogP contribution in [0.3, 0.4) is 0 Å². The summed E-state index contributed by atoms with van der Waals surface area (Å²) in [6.07, 6.45) is 0.596. The fraction of sp³-hybridized carbons (Fsp3) is 0.120. The second-order valence-corrected chi connectivity index (χ2v) is 8.12. The lowest BCUT2D eigenvalue weighted by Gasteiger charge is -2.22. The first kappa shape index (κ1) is 21.5. The first-order valence-electron chi connectivity index (χ1n) is 9.86. The fourth-order valence-corrected chi connectivity index (χ4v) is 4.27. The van der Waals surface area contributed by atoms with Crippen molar-refractivity contribution in [1.29, 1.82) is 0 Å². The largest absolute Gasteiger partial charge is 0.472 e. The molecular formula is C25H18F2N2O2S. The molecule has 0 aliphatic carbocycles. The zero-order chi connectivity index (χ0) is 22.5. The molecule has 32 heavy (non-hydrogen) atoms. The summed E-state index contributed by atoms with van der Waals surface area (Å²) < 4.78 is 28.3. The minimum Gasteiger partial charge on any atom is -0.472 e. The Bertz CT molecular complexity index is 1320. The normalized spacial score (nSPS) is 10.6. The van der Waals surface area contributed by atoms with Gasteiger partial charge in [0.05, 0.1) is 10.2 Å². The number of carboxylic acids is 1. The van der Waals surface area contributed by atoms with Crippen LogP contribution in [0.2, 0.25) is 0 Å². The van der Waals surface area contributed by atoms with Gasteiger partial charge in [-0.05, 0) is 53.9 Å². The number of hydrogen-bond donors (Lipinski definition) is 1. The Hall–Kier alpha value is -3.76. The van der Waals surface area contributed by atoms with Crippen molar-refractivity contribution < 1.29 is 18.7 Å². The zero-order valence-corrected chi connectivity index (χ0v) is 17.7. The maximum Gasteiger partial charge on any atom is 0.382 e. The van der Waals surface area contributed by atoms with Gasteiger partial charge >= 0.3 is 5.97 Å². The summed E-state index contributed by atoms with van der Waals surface area (Å²) >= 11 is 1.28. The van der Waals surface area contributed by atoms with E-state index in [1.54, 1.807) is 30.3 Å². The summed E-state index contributed by atoms with van der Waals surface area (Å²) in [4.78, 5) is 17.3. The van der Waals surface area contributed by atoms with E-state index in [0.29, 0.717) is 40.4 Å². The fourth-order valence-electron chi connectivity index (χ4n) is 3.28. The number of halogens is 2. The molecule has 7 heteroatoms. The highest BCUT2D eigenvalue weighted by Gasteiger charge is 2.15. The minimum absolute atomic E-state index is 0.283. The van der Waals surface area contributed by atoms with Crippen molar-refractivity contribution in [2.24, 2.45) is 0 Å². The van der Waals surface area contributed by atoms with E-state index >= 15 is 0 Å². The van der Waals surface area contributed by atoms with Crippen LogP contribution < -0.4 is 4.90 Å². The number of carbonyl (C=O) groups is 1. The molecule has 4 aromatic rings. The average Bonchev–Trinajstić information content (AvgIpc) is 3.22. The number of aromatic nitrogens is 1. The van der Waals surface area contributed by atoms with Gasteiger partial charge in [0.15, 0.2) is 5.13 Å². The molecule has 0 spiro atoms. The van der Waals surface area contributed by atoms with Crippen molar-refractivity contribution in [1.82, 2.24) is 4.98 Å². The molecular weight excluding hydrogens is 430 g/mol. The Labute approximate surface area is 187 Å². The van der Waals surface area contributed by atoms with Crippen LogP contribution in [0.25, 0.3) is 10.2 Å². The van der Waals surface area contributed by atoms with E-state index in [-0.39, 0.29) is 11.6 Å². The average molecular weight is 448 g/mol. The third-order valence-corrected chi connectivity index (χ3v) is 5.97. The molecule has 0 saturated heterocycles. The second kappa shape index (κ2) is 9.58. The van der Waals surface area contributed by atoms with Gasteiger partial charge in [0.25, 0.3) is 0 Å². The monoisotopic (exact) mass is 448 g/mol. The highest BCUT2D eigenvalue weighted by Crippen LogP contribution is 2.31. The Kier molecular flexibility index (Phi) is 6.43. The van der Waals surface area contributed by atoms with Gasteiger partial charge in [-0.15, -0.1) is 0 Å². The lowest BCUT2D eigenvalue weighted by atomic mass is 10.1. The third-order valence-electron chi connectivity index (χ3n) is 4.83. The number of rotatable bonds is 6. The molecule has 0 radical (unpaired) electrons. The van der Waals surface area contributed by atoms with Crippen molar-refractivity contribution in [2.45, 2.75) is 13.0 Å². The van der Waals surface area contributed by atoms with Crippen molar-refractivity contribution in [3.05, 3.63) is 95.1 Å². The molecule has 1 aromatic heterocycles. The van der Waals surface area contributed by atoms with Gasteiger partial charge in [-0.1, -0.05) is 47.6 Å². The Balaban J connectivity index is 1.60. The molecule has 0 atom stereocenters. The van der Waals surface area contributed by atoms with Crippen molar-refractivity contribution in [2.75, 3.05) is 11.4 Å². The molecule has 4 rings (SSSR count). The summed E-state index contributed by atoms with van der Waals surface area (Å²) in [5, 5.41) is 9.36. The lowest BCUT2D eigenvalue weighted by Crippen LogP contribution is -2.25. The molecule has 1 N–H and O–H groups in total. The highest BCUT2D eigenvalue weighted by molar-refractivity contribution is 7.22. The van der Waals surface area contributed by atoms with Crippen LogP contribution in [0.1, 0.15) is 16.7 Å². The van der Waals surface area contributed by atoms with E-state index in [9.17, 15) is 13.6 Å². The maximum atomic E-state index is 14.2. The highest BCUT2D eigenvalue weighted by atomic mass is 32.1. The summed E-state index contributed by atoms with van der Waals surface area (Å²) in [5.41, 5.74) is 3.02. The number of fused-ring (bicyclic) bond motifs is 1. The predicted octanol–water partition coefficient (Wildman–Crippen LogP) is 5.26. The lowest BCUT2D eigenvalue weighted by molar-refractivity contribution is -0.130. The van der Waals surface area contributed by atoms with Gasteiger partial charge in [-0.25, -0.2) is 18.6 Å². The SMILES string of the molecule is O=C(O)C#Cc1ccc(CN(CCc2cccc(F)c2)c2nc3cccc(F)c3s2)cc1. The molecule has 0 aliphatic rings. The molecule has 0 aliphatic heterocycles. The van der Waals surface area contributed by atoms with Crippen molar-refractivity contribution >= 4 is 32.7 Å². The number of thiazole rings is 1. The standard InChI is InChI=1S/C25H18F2N2O2S/c26-20-4-1-3-18(15-20)13-14-29(25-28-22-6-2-5-21(27)24(22)32-25)16-19-9-7-17(8-10-19)11-12-23(30)31/h1-10,15H,13-14,16H2,(H,30,31). The number of anilines is 1. The van der Waals surface area contributed by atoms with E-state index in [0.717, 1.165) is 11.1 Å². The first-order chi connectivity index (χ1) is 15.5. The summed E-state index contributed by atoms with van der Waals surface area (Å²) in [6, 6.07) is 18.5. The number of aliphatic carboxylic acids is 1. The van der Waals surface area contributed by atoms with Crippen LogP contribution in [-0.4, -0.2) is 22.6 Å². The summed E-state index contributed by atoms with van der Waals surface area (Å²) in [6.45, 7) is 1.06. The van der Waals surface area contributed by atoms with Crippen molar-refractivity contribution in [3.8, 4) is 11.8 Å². The number of benzene rings is 3. The number of carboxylic acid groups (broad SMARTS) is 1. The Morgan fingerprint density at radius 1 is 1.03 bits per heavy atom. The van der Waals surface area contributed by atoms with Crippen LogP contribution in [-0.2, 0) is 17.8 Å². The molecule has 0 fully saturated rings. The summed E-state index contributed by atoms with van der Waals surface area (Å²) in [5.74, 6) is 2.90. The smallest absolute Gasteiger partial charge is 0.382 e. The molecule has 4 nitrogen and oxygen atoms in total. The van der Waals surface area contributed by atoms with Crippen LogP contribution in [0, 0.1) is 23.5 Å². The maximum absolute atomic E-state index is 14.2. The van der Waals surface area contributed by atoms with E-state index in [1.807, 2.05) is 23.1 Å². The topological polar surface area (TPSA) is 53.4 Å². The van der Waals surface area contributed by atoms with Crippen LogP contribution in [0.15, 0.2) is 66.7 Å². The summed E-state index contributed by atoms with van der Waals surface area (Å²) in [7, 11) is 0. The van der Waals surface area contributed by atoms with E-state index < -0.39 is 5.97 Å². The van der Waals surface area contributed by atoms with Gasteiger partial charge in [-0.2, -0.15) is 0 Å². The zero-order valence-electron chi connectivity index (χ0n) is 16.9. The first-order valence-corrected chi connectivity index (χ1v) is 10.7. The van der Waals surface area contributed by atoms with Gasteiger partial charge in [0.1, 0.15) is 11.6 Å². The van der Waals surface area contributed by atoms with Crippen LogP contribution >= 0.6 is 11.3 Å². The molecule has 0 bridgehead atoms. The van der Waals surface area contributed by atoms with Gasteiger partial charge < -0.3 is 10.0 Å². The van der Waals surface area contributed by atoms with Crippen molar-refractivity contribution in [3.63, 3.8) is 0 Å².